The van der Waals surface area contributed by atoms with Crippen molar-refractivity contribution in [2.45, 2.75) is 13.0 Å². The molecule has 0 radical (unpaired) electrons. The van der Waals surface area contributed by atoms with E-state index in [9.17, 15) is 0 Å². The van der Waals surface area contributed by atoms with Crippen LogP contribution in [0.5, 0.6) is 0 Å². The zero-order valence-electron chi connectivity index (χ0n) is 15.3. The summed E-state index contributed by atoms with van der Waals surface area (Å²) in [5.41, 5.74) is 5.84. The maximum absolute atomic E-state index is 4.55. The first kappa shape index (κ1) is 16.4. The Labute approximate surface area is 161 Å². The molecule has 0 aliphatic heterocycles. The highest BCUT2D eigenvalue weighted by Gasteiger charge is 2.16. The standard InChI is InChI=1S/C22H18N6/c1-15(16-5-3-2-4-6-16)28-22-19-13-18(25-17-9-11-23-12-10-17)7-8-20(19)24-14-21(22)26-27-28/h2-15H,1H3,(H,23,25)/t15-/m0/s1. The molecular formula is C22H18N6. The minimum Gasteiger partial charge on any atom is -0.355 e. The van der Waals surface area contributed by atoms with Gasteiger partial charge in [0, 0.05) is 29.2 Å². The van der Waals surface area contributed by atoms with Gasteiger partial charge in [-0.2, -0.15) is 0 Å². The van der Waals surface area contributed by atoms with Crippen molar-refractivity contribution in [3.8, 4) is 0 Å². The Bertz CT molecular complexity index is 1250. The van der Waals surface area contributed by atoms with Crippen molar-refractivity contribution in [3.63, 3.8) is 0 Å². The largest absolute Gasteiger partial charge is 0.355 e. The van der Waals surface area contributed by atoms with Crippen LogP contribution >= 0.6 is 0 Å². The van der Waals surface area contributed by atoms with Gasteiger partial charge in [-0.15, -0.1) is 5.10 Å². The fraction of sp³-hybridized carbons (Fsp3) is 0.0909. The Kier molecular flexibility index (Phi) is 3.94. The van der Waals surface area contributed by atoms with Crippen molar-refractivity contribution in [1.29, 1.82) is 0 Å². The van der Waals surface area contributed by atoms with E-state index < -0.39 is 0 Å². The van der Waals surface area contributed by atoms with Gasteiger partial charge in [-0.05, 0) is 42.8 Å². The van der Waals surface area contributed by atoms with E-state index in [4.69, 9.17) is 0 Å². The molecule has 3 aromatic heterocycles. The Morgan fingerprint density at radius 2 is 1.71 bits per heavy atom. The summed E-state index contributed by atoms with van der Waals surface area (Å²) < 4.78 is 1.98. The number of rotatable bonds is 4. The molecule has 0 bridgehead atoms. The van der Waals surface area contributed by atoms with Gasteiger partial charge in [-0.25, -0.2) is 4.68 Å². The van der Waals surface area contributed by atoms with Crippen LogP contribution in [0.1, 0.15) is 18.5 Å². The van der Waals surface area contributed by atoms with Crippen molar-refractivity contribution in [1.82, 2.24) is 25.0 Å². The third kappa shape index (κ3) is 2.85. The van der Waals surface area contributed by atoms with Crippen LogP contribution in [-0.2, 0) is 0 Å². The molecule has 1 atom stereocenters. The number of anilines is 2. The number of benzene rings is 2. The number of hydrogen-bond acceptors (Lipinski definition) is 5. The number of pyridine rings is 2. The summed E-state index contributed by atoms with van der Waals surface area (Å²) in [6.07, 6.45) is 5.32. The van der Waals surface area contributed by atoms with Crippen LogP contribution < -0.4 is 5.32 Å². The van der Waals surface area contributed by atoms with E-state index in [-0.39, 0.29) is 6.04 Å². The molecule has 1 N–H and O–H groups in total. The molecule has 6 heteroatoms. The van der Waals surface area contributed by atoms with Gasteiger partial charge < -0.3 is 5.32 Å². The molecule has 0 aliphatic rings. The molecule has 0 saturated carbocycles. The van der Waals surface area contributed by atoms with Gasteiger partial charge in [-0.1, -0.05) is 35.5 Å². The quantitative estimate of drug-likeness (QED) is 0.498. The summed E-state index contributed by atoms with van der Waals surface area (Å²) in [5, 5.41) is 13.2. The molecule has 5 rings (SSSR count). The monoisotopic (exact) mass is 366 g/mol. The summed E-state index contributed by atoms with van der Waals surface area (Å²) in [5.74, 6) is 0. The van der Waals surface area contributed by atoms with E-state index in [2.05, 4.69) is 50.7 Å². The Hall–Kier alpha value is -3.80. The fourth-order valence-electron chi connectivity index (χ4n) is 3.45. The highest BCUT2D eigenvalue weighted by Crippen LogP contribution is 2.29. The molecule has 136 valence electrons. The first-order valence-electron chi connectivity index (χ1n) is 9.15. The van der Waals surface area contributed by atoms with Crippen molar-refractivity contribution < 1.29 is 0 Å². The number of hydrogen-bond donors (Lipinski definition) is 1. The average Bonchev–Trinajstić information content (AvgIpc) is 3.19. The second-order valence-electron chi connectivity index (χ2n) is 6.71. The van der Waals surface area contributed by atoms with Crippen LogP contribution in [0.15, 0.2) is 79.3 Å². The van der Waals surface area contributed by atoms with Gasteiger partial charge >= 0.3 is 0 Å². The zero-order valence-corrected chi connectivity index (χ0v) is 15.3. The maximum atomic E-state index is 4.55. The molecule has 2 aromatic carbocycles. The second kappa shape index (κ2) is 6.74. The van der Waals surface area contributed by atoms with Crippen molar-refractivity contribution in [2.24, 2.45) is 0 Å². The highest BCUT2D eigenvalue weighted by atomic mass is 15.4. The van der Waals surface area contributed by atoms with Gasteiger partial charge in [0.1, 0.15) is 11.0 Å². The summed E-state index contributed by atoms with van der Waals surface area (Å²) in [6, 6.07) is 20.4. The van der Waals surface area contributed by atoms with Crippen molar-refractivity contribution in [2.75, 3.05) is 5.32 Å². The van der Waals surface area contributed by atoms with E-state index >= 15 is 0 Å². The van der Waals surface area contributed by atoms with Gasteiger partial charge in [0.25, 0.3) is 0 Å². The van der Waals surface area contributed by atoms with Crippen LogP contribution in [0.25, 0.3) is 21.9 Å². The van der Waals surface area contributed by atoms with Crippen LogP contribution in [-0.4, -0.2) is 25.0 Å². The second-order valence-corrected chi connectivity index (χ2v) is 6.71. The Morgan fingerprint density at radius 1 is 0.893 bits per heavy atom. The smallest absolute Gasteiger partial charge is 0.132 e. The van der Waals surface area contributed by atoms with E-state index in [0.717, 1.165) is 33.3 Å². The first-order chi connectivity index (χ1) is 13.8. The molecule has 3 heterocycles. The fourth-order valence-corrected chi connectivity index (χ4v) is 3.45. The molecule has 0 unspecified atom stereocenters. The molecule has 5 aromatic rings. The molecule has 0 spiro atoms. The van der Waals surface area contributed by atoms with E-state index in [1.54, 1.807) is 18.6 Å². The van der Waals surface area contributed by atoms with Gasteiger partial charge in [0.05, 0.1) is 17.8 Å². The van der Waals surface area contributed by atoms with Gasteiger partial charge in [0.2, 0.25) is 0 Å². The molecular weight excluding hydrogens is 348 g/mol. The third-order valence-corrected chi connectivity index (χ3v) is 4.92. The minimum absolute atomic E-state index is 0.0635. The summed E-state index contributed by atoms with van der Waals surface area (Å²) in [6.45, 7) is 2.13. The first-order valence-corrected chi connectivity index (χ1v) is 9.15. The molecule has 0 amide bonds. The van der Waals surface area contributed by atoms with Crippen LogP contribution in [0, 0.1) is 0 Å². The highest BCUT2D eigenvalue weighted by molar-refractivity contribution is 6.03. The van der Waals surface area contributed by atoms with Crippen LogP contribution in [0.2, 0.25) is 0 Å². The lowest BCUT2D eigenvalue weighted by Crippen LogP contribution is -2.08. The maximum Gasteiger partial charge on any atom is 0.132 e. The summed E-state index contributed by atoms with van der Waals surface area (Å²) in [4.78, 5) is 8.61. The number of nitrogens with zero attached hydrogens (tertiary/aromatic N) is 5. The molecule has 0 saturated heterocycles. The number of fused-ring (bicyclic) bond motifs is 3. The third-order valence-electron chi connectivity index (χ3n) is 4.92. The number of aromatic nitrogens is 5. The molecule has 0 fully saturated rings. The van der Waals surface area contributed by atoms with Crippen LogP contribution in [0.3, 0.4) is 0 Å². The van der Waals surface area contributed by atoms with Gasteiger partial charge in [-0.3, -0.25) is 9.97 Å². The SMILES string of the molecule is C[C@@H](c1ccccc1)n1nnc2cnc3ccc(Nc4ccncc4)cc3c21. The van der Waals surface area contributed by atoms with Gasteiger partial charge in [0.15, 0.2) is 0 Å². The Morgan fingerprint density at radius 3 is 2.54 bits per heavy atom. The molecule has 28 heavy (non-hydrogen) atoms. The summed E-state index contributed by atoms with van der Waals surface area (Å²) >= 11 is 0. The normalized spacial score (nSPS) is 12.3. The Balaban J connectivity index is 1.65. The summed E-state index contributed by atoms with van der Waals surface area (Å²) in [7, 11) is 0. The van der Waals surface area contributed by atoms with E-state index in [0.29, 0.717) is 0 Å². The number of nitrogens with one attached hydrogen (secondary N) is 1. The van der Waals surface area contributed by atoms with Crippen molar-refractivity contribution in [3.05, 3.63) is 84.8 Å². The van der Waals surface area contributed by atoms with Crippen molar-refractivity contribution >= 4 is 33.3 Å². The lowest BCUT2D eigenvalue weighted by Gasteiger charge is -2.14. The van der Waals surface area contributed by atoms with Crippen LogP contribution in [0.4, 0.5) is 11.4 Å². The predicted octanol–water partition coefficient (Wildman–Crippen LogP) is 4.73. The lowest BCUT2D eigenvalue weighted by atomic mass is 10.1. The average molecular weight is 366 g/mol. The zero-order chi connectivity index (χ0) is 18.9. The molecule has 6 nitrogen and oxygen atoms in total. The van der Waals surface area contributed by atoms with E-state index in [1.807, 2.05) is 47.1 Å². The minimum atomic E-state index is 0.0635. The lowest BCUT2D eigenvalue weighted by molar-refractivity contribution is 0.561. The van der Waals surface area contributed by atoms with E-state index in [1.165, 1.54) is 5.56 Å². The predicted molar refractivity (Wildman–Crippen MR) is 111 cm³/mol. The molecule has 0 aliphatic carbocycles. The topological polar surface area (TPSA) is 68.5 Å².